The van der Waals surface area contributed by atoms with Gasteiger partial charge in [0.25, 0.3) is 0 Å². The first-order chi connectivity index (χ1) is 9.65. The van der Waals surface area contributed by atoms with Crippen LogP contribution in [0, 0.1) is 6.92 Å². The molecule has 0 aliphatic carbocycles. The smallest absolute Gasteiger partial charge is 0.249 e. The van der Waals surface area contributed by atoms with Crippen molar-refractivity contribution in [1.82, 2.24) is 5.16 Å². The van der Waals surface area contributed by atoms with Crippen molar-refractivity contribution in [3.8, 4) is 0 Å². The highest BCUT2D eigenvalue weighted by atomic mass is 16.5. The van der Waals surface area contributed by atoms with Crippen LogP contribution in [0.25, 0.3) is 0 Å². The van der Waals surface area contributed by atoms with Gasteiger partial charge >= 0.3 is 0 Å². The topological polar surface area (TPSA) is 72.4 Å². The Morgan fingerprint density at radius 3 is 3.05 bits per heavy atom. The summed E-state index contributed by atoms with van der Waals surface area (Å²) in [5.74, 6) is 0.448. The van der Waals surface area contributed by atoms with Gasteiger partial charge in [-0.3, -0.25) is 4.79 Å². The molecule has 0 fully saturated rings. The maximum Gasteiger partial charge on any atom is 0.249 e. The summed E-state index contributed by atoms with van der Waals surface area (Å²) in [5, 5.41) is 4.03. The number of carbonyl (C=O) groups is 1. The third-order valence-corrected chi connectivity index (χ3v) is 3.64. The lowest BCUT2D eigenvalue weighted by Crippen LogP contribution is -2.30. The van der Waals surface area contributed by atoms with Crippen molar-refractivity contribution in [1.29, 1.82) is 0 Å². The maximum absolute atomic E-state index is 11.5. The summed E-state index contributed by atoms with van der Waals surface area (Å²) in [6.07, 6.45) is 1.90. The minimum atomic E-state index is -0.360. The molecule has 20 heavy (non-hydrogen) atoms. The molecule has 0 spiro atoms. The Bertz CT molecular complexity index is 648. The first-order valence-electron chi connectivity index (χ1n) is 6.74. The van der Waals surface area contributed by atoms with E-state index in [0.29, 0.717) is 12.1 Å². The van der Waals surface area contributed by atoms with E-state index in [2.05, 4.69) is 10.1 Å². The second-order valence-electron chi connectivity index (χ2n) is 5.12. The van der Waals surface area contributed by atoms with E-state index in [0.717, 1.165) is 42.1 Å². The van der Waals surface area contributed by atoms with Crippen LogP contribution in [0.5, 0.6) is 0 Å². The van der Waals surface area contributed by atoms with Crippen molar-refractivity contribution in [3.63, 3.8) is 0 Å². The summed E-state index contributed by atoms with van der Waals surface area (Å²) in [6, 6.07) is 7.65. The number of benzene rings is 1. The summed E-state index contributed by atoms with van der Waals surface area (Å²) in [4.78, 5) is 13.7. The molecular weight excluding hydrogens is 254 g/mol. The summed E-state index contributed by atoms with van der Waals surface area (Å²) < 4.78 is 5.11. The minimum absolute atomic E-state index is 0.360. The lowest BCUT2D eigenvalue weighted by atomic mass is 9.96. The lowest BCUT2D eigenvalue weighted by molar-refractivity contribution is 0.0999. The van der Waals surface area contributed by atoms with E-state index < -0.39 is 0 Å². The quantitative estimate of drug-likeness (QED) is 0.927. The van der Waals surface area contributed by atoms with Gasteiger partial charge in [0.2, 0.25) is 5.91 Å². The summed E-state index contributed by atoms with van der Waals surface area (Å²) in [7, 11) is 0. The minimum Gasteiger partial charge on any atom is -0.366 e. The number of primary amides is 1. The average Bonchev–Trinajstić information content (AvgIpc) is 2.84. The zero-order valence-corrected chi connectivity index (χ0v) is 11.4. The average molecular weight is 271 g/mol. The van der Waals surface area contributed by atoms with E-state index in [4.69, 9.17) is 10.3 Å². The van der Waals surface area contributed by atoms with Crippen LogP contribution in [0.1, 0.15) is 33.8 Å². The van der Waals surface area contributed by atoms with Gasteiger partial charge in [0.05, 0.1) is 6.54 Å². The molecule has 5 nitrogen and oxygen atoms in total. The molecule has 1 aliphatic rings. The van der Waals surface area contributed by atoms with Crippen LogP contribution in [0.2, 0.25) is 0 Å². The van der Waals surface area contributed by atoms with Gasteiger partial charge in [-0.2, -0.15) is 0 Å². The Kier molecular flexibility index (Phi) is 3.18. The van der Waals surface area contributed by atoms with Crippen LogP contribution in [0.4, 0.5) is 5.69 Å². The molecule has 0 radical (unpaired) electrons. The second-order valence-corrected chi connectivity index (χ2v) is 5.12. The molecule has 1 aliphatic heterocycles. The Morgan fingerprint density at radius 2 is 2.35 bits per heavy atom. The fourth-order valence-corrected chi connectivity index (χ4v) is 2.78. The highest BCUT2D eigenvalue weighted by Crippen LogP contribution is 2.30. The molecule has 1 aromatic carbocycles. The Labute approximate surface area is 117 Å². The summed E-state index contributed by atoms with van der Waals surface area (Å²) in [6.45, 7) is 3.51. The van der Waals surface area contributed by atoms with Gasteiger partial charge in [-0.15, -0.1) is 0 Å². The summed E-state index contributed by atoms with van der Waals surface area (Å²) >= 11 is 0. The zero-order chi connectivity index (χ0) is 14.1. The highest BCUT2D eigenvalue weighted by molar-refractivity contribution is 5.96. The van der Waals surface area contributed by atoms with E-state index in [1.54, 1.807) is 6.07 Å². The van der Waals surface area contributed by atoms with Crippen molar-refractivity contribution in [2.24, 2.45) is 5.73 Å². The molecule has 0 atom stereocenters. The number of amides is 1. The molecular formula is C15H17N3O2. The van der Waals surface area contributed by atoms with Gasteiger partial charge in [0.15, 0.2) is 0 Å². The van der Waals surface area contributed by atoms with E-state index in [9.17, 15) is 4.79 Å². The standard InChI is InChI=1S/C15H17N3O2/c1-10-8-11(17-20-10)9-18-7-3-5-12-13(15(16)19)4-2-6-14(12)18/h2,4,6,8H,3,5,7,9H2,1H3,(H2,16,19). The van der Waals surface area contributed by atoms with Crippen molar-refractivity contribution in [2.45, 2.75) is 26.3 Å². The number of carbonyl (C=O) groups excluding carboxylic acids is 1. The number of aromatic nitrogens is 1. The molecule has 0 saturated carbocycles. The van der Waals surface area contributed by atoms with E-state index in [1.807, 2.05) is 25.1 Å². The first kappa shape index (κ1) is 12.7. The molecule has 1 amide bonds. The monoisotopic (exact) mass is 271 g/mol. The molecule has 104 valence electrons. The molecule has 0 bridgehead atoms. The van der Waals surface area contributed by atoms with Gasteiger partial charge in [-0.25, -0.2) is 0 Å². The number of anilines is 1. The van der Waals surface area contributed by atoms with Gasteiger partial charge in [-0.05, 0) is 37.5 Å². The second kappa shape index (κ2) is 5.00. The lowest BCUT2D eigenvalue weighted by Gasteiger charge is -2.31. The fourth-order valence-electron chi connectivity index (χ4n) is 2.78. The SMILES string of the molecule is Cc1cc(CN2CCCc3c(C(N)=O)cccc32)no1. The zero-order valence-electron chi connectivity index (χ0n) is 11.4. The highest BCUT2D eigenvalue weighted by Gasteiger charge is 2.21. The number of fused-ring (bicyclic) bond motifs is 1. The molecule has 0 unspecified atom stereocenters. The molecule has 2 aromatic rings. The molecule has 3 rings (SSSR count). The molecule has 2 heterocycles. The van der Waals surface area contributed by atoms with Crippen molar-refractivity contribution in [3.05, 3.63) is 46.8 Å². The van der Waals surface area contributed by atoms with Crippen LogP contribution < -0.4 is 10.6 Å². The predicted molar refractivity (Wildman–Crippen MR) is 75.6 cm³/mol. The number of hydrogen-bond donors (Lipinski definition) is 1. The van der Waals surface area contributed by atoms with Crippen LogP contribution >= 0.6 is 0 Å². The molecule has 0 saturated heterocycles. The van der Waals surface area contributed by atoms with Crippen molar-refractivity contribution < 1.29 is 9.32 Å². The third-order valence-electron chi connectivity index (χ3n) is 3.64. The van der Waals surface area contributed by atoms with Crippen molar-refractivity contribution in [2.75, 3.05) is 11.4 Å². The number of aryl methyl sites for hydroxylation is 1. The maximum atomic E-state index is 11.5. The van der Waals surface area contributed by atoms with Crippen molar-refractivity contribution >= 4 is 11.6 Å². The van der Waals surface area contributed by atoms with E-state index in [-0.39, 0.29) is 5.91 Å². The van der Waals surface area contributed by atoms with Crippen LogP contribution in [0.3, 0.4) is 0 Å². The molecule has 5 heteroatoms. The Balaban J connectivity index is 1.94. The largest absolute Gasteiger partial charge is 0.366 e. The fraction of sp³-hybridized carbons (Fsp3) is 0.333. The van der Waals surface area contributed by atoms with Gasteiger partial charge in [0, 0.05) is 23.9 Å². The number of nitrogens with two attached hydrogens (primary N) is 1. The van der Waals surface area contributed by atoms with Crippen LogP contribution in [0.15, 0.2) is 28.8 Å². The Hall–Kier alpha value is -2.30. The normalized spacial score (nSPS) is 14.2. The van der Waals surface area contributed by atoms with Crippen LogP contribution in [-0.4, -0.2) is 17.6 Å². The van der Waals surface area contributed by atoms with E-state index in [1.165, 1.54) is 0 Å². The van der Waals surface area contributed by atoms with E-state index >= 15 is 0 Å². The molecule has 1 aromatic heterocycles. The van der Waals surface area contributed by atoms with Gasteiger partial charge < -0.3 is 15.2 Å². The number of rotatable bonds is 3. The number of nitrogens with zero attached hydrogens (tertiary/aromatic N) is 2. The summed E-state index contributed by atoms with van der Waals surface area (Å²) in [5.41, 5.74) is 9.11. The van der Waals surface area contributed by atoms with Gasteiger partial charge in [-0.1, -0.05) is 11.2 Å². The number of hydrogen-bond acceptors (Lipinski definition) is 4. The van der Waals surface area contributed by atoms with Gasteiger partial charge in [0.1, 0.15) is 11.5 Å². The Morgan fingerprint density at radius 1 is 1.50 bits per heavy atom. The predicted octanol–water partition coefficient (Wildman–Crippen LogP) is 2.03. The molecule has 2 N–H and O–H groups in total. The first-order valence-corrected chi connectivity index (χ1v) is 6.74. The van der Waals surface area contributed by atoms with Crippen LogP contribution in [-0.2, 0) is 13.0 Å². The third kappa shape index (κ3) is 2.27.